The molecule has 1 aliphatic heterocycles. The fraction of sp³-hybridized carbons (Fsp3) is 0.250. The Hall–Kier alpha value is -2.95. The number of nitrogens with zero attached hydrogens (tertiary/aromatic N) is 2. The number of rotatable bonds is 3. The summed E-state index contributed by atoms with van der Waals surface area (Å²) in [6.07, 6.45) is 0.265. The first kappa shape index (κ1) is 16.9. The highest BCUT2D eigenvalue weighted by atomic mass is 16.2. The molecule has 0 fully saturated rings. The molecule has 25 heavy (non-hydrogen) atoms. The topological polar surface area (TPSA) is 75.8 Å². The first-order chi connectivity index (χ1) is 11.8. The summed E-state index contributed by atoms with van der Waals surface area (Å²) in [4.78, 5) is 29.7. The second-order valence-corrected chi connectivity index (χ2v) is 6.59. The predicted octanol–water partition coefficient (Wildman–Crippen LogP) is 2.95. The molecule has 2 aromatic carbocycles. The number of guanidine groups is 1. The average Bonchev–Trinajstić information content (AvgIpc) is 2.60. The summed E-state index contributed by atoms with van der Waals surface area (Å²) in [5, 5.41) is 0. The quantitative estimate of drug-likeness (QED) is 0.876. The second-order valence-electron chi connectivity index (χ2n) is 6.59. The predicted molar refractivity (Wildman–Crippen MR) is 98.2 cm³/mol. The number of amides is 1. The Kier molecular flexibility index (Phi) is 4.17. The zero-order valence-electron chi connectivity index (χ0n) is 14.6. The summed E-state index contributed by atoms with van der Waals surface area (Å²) < 4.78 is 0. The van der Waals surface area contributed by atoms with E-state index < -0.39 is 5.54 Å². The molecule has 0 saturated heterocycles. The van der Waals surface area contributed by atoms with Crippen LogP contribution < -0.4 is 5.73 Å². The summed E-state index contributed by atoms with van der Waals surface area (Å²) in [5.74, 6) is 0.199. The molecule has 0 spiro atoms. The van der Waals surface area contributed by atoms with Crippen LogP contribution >= 0.6 is 0 Å². The fourth-order valence-electron chi connectivity index (χ4n) is 3.03. The minimum atomic E-state index is -0.693. The lowest BCUT2D eigenvalue weighted by atomic mass is 9.86. The first-order valence-electron chi connectivity index (χ1n) is 8.14. The minimum absolute atomic E-state index is 0.0308. The number of hydrogen-bond donors (Lipinski definition) is 1. The van der Waals surface area contributed by atoms with E-state index in [9.17, 15) is 9.59 Å². The SMILES string of the molecule is CC(=O)c1cccc(-c2cccc(C3(C)CC(=O)N(C)C(N)=N3)c2)c1. The number of aliphatic imine (C=N–C) groups is 1. The molecule has 5 heteroatoms. The van der Waals surface area contributed by atoms with Gasteiger partial charge in [-0.1, -0.05) is 36.4 Å². The van der Waals surface area contributed by atoms with Gasteiger partial charge in [0.15, 0.2) is 11.7 Å². The van der Waals surface area contributed by atoms with Gasteiger partial charge in [-0.25, -0.2) is 4.99 Å². The van der Waals surface area contributed by atoms with E-state index in [1.165, 1.54) is 4.90 Å². The van der Waals surface area contributed by atoms with Gasteiger partial charge in [-0.3, -0.25) is 14.5 Å². The van der Waals surface area contributed by atoms with Gasteiger partial charge in [0.25, 0.3) is 0 Å². The van der Waals surface area contributed by atoms with Crippen molar-refractivity contribution in [2.75, 3.05) is 7.05 Å². The Morgan fingerprint density at radius 3 is 2.44 bits per heavy atom. The van der Waals surface area contributed by atoms with Crippen LogP contribution in [0, 0.1) is 0 Å². The van der Waals surface area contributed by atoms with E-state index in [2.05, 4.69) is 4.99 Å². The Morgan fingerprint density at radius 2 is 1.80 bits per heavy atom. The molecule has 1 aliphatic rings. The normalized spacial score (nSPS) is 20.4. The Balaban J connectivity index is 2.04. The highest BCUT2D eigenvalue weighted by Gasteiger charge is 2.36. The maximum atomic E-state index is 12.2. The number of ketones is 1. The van der Waals surface area contributed by atoms with Crippen molar-refractivity contribution >= 4 is 17.6 Å². The number of benzene rings is 2. The lowest BCUT2D eigenvalue weighted by molar-refractivity contribution is -0.128. The van der Waals surface area contributed by atoms with Crippen molar-refractivity contribution < 1.29 is 9.59 Å². The number of hydrogen-bond acceptors (Lipinski definition) is 4. The van der Waals surface area contributed by atoms with Crippen molar-refractivity contribution in [3.05, 3.63) is 59.7 Å². The van der Waals surface area contributed by atoms with Crippen LogP contribution in [0.1, 0.15) is 36.2 Å². The highest BCUT2D eigenvalue weighted by Crippen LogP contribution is 2.35. The summed E-state index contributed by atoms with van der Waals surface area (Å²) in [5.41, 5.74) is 8.73. The third-order valence-electron chi connectivity index (χ3n) is 4.66. The van der Waals surface area contributed by atoms with E-state index >= 15 is 0 Å². The molecule has 128 valence electrons. The van der Waals surface area contributed by atoms with Crippen LogP contribution in [0.2, 0.25) is 0 Å². The third kappa shape index (κ3) is 3.18. The summed E-state index contributed by atoms with van der Waals surface area (Å²) >= 11 is 0. The smallest absolute Gasteiger partial charge is 0.231 e. The molecular weight excluding hydrogens is 314 g/mol. The highest BCUT2D eigenvalue weighted by molar-refractivity contribution is 5.99. The van der Waals surface area contributed by atoms with Gasteiger partial charge in [0.05, 0.1) is 12.0 Å². The first-order valence-corrected chi connectivity index (χ1v) is 8.14. The van der Waals surface area contributed by atoms with Crippen molar-refractivity contribution in [3.8, 4) is 11.1 Å². The van der Waals surface area contributed by atoms with Crippen molar-refractivity contribution in [1.82, 2.24) is 4.90 Å². The summed E-state index contributed by atoms with van der Waals surface area (Å²) in [7, 11) is 1.63. The molecule has 1 amide bonds. The van der Waals surface area contributed by atoms with E-state index in [4.69, 9.17) is 5.73 Å². The Morgan fingerprint density at radius 1 is 1.16 bits per heavy atom. The van der Waals surface area contributed by atoms with Crippen LogP contribution in [-0.4, -0.2) is 29.6 Å². The molecule has 1 heterocycles. The van der Waals surface area contributed by atoms with Gasteiger partial charge in [-0.15, -0.1) is 0 Å². The van der Waals surface area contributed by atoms with Gasteiger partial charge in [0.1, 0.15) is 0 Å². The monoisotopic (exact) mass is 335 g/mol. The number of Topliss-reactive ketones (excluding diaryl/α,β-unsaturated/α-hetero) is 1. The van der Waals surface area contributed by atoms with Crippen LogP contribution in [0.3, 0.4) is 0 Å². The molecule has 5 nitrogen and oxygen atoms in total. The van der Waals surface area contributed by atoms with Crippen LogP contribution in [0.15, 0.2) is 53.5 Å². The molecule has 0 radical (unpaired) electrons. The van der Waals surface area contributed by atoms with Gasteiger partial charge >= 0.3 is 0 Å². The molecule has 2 N–H and O–H groups in total. The van der Waals surface area contributed by atoms with Crippen LogP contribution in [0.5, 0.6) is 0 Å². The molecule has 0 aromatic heterocycles. The molecule has 0 aliphatic carbocycles. The third-order valence-corrected chi connectivity index (χ3v) is 4.66. The van der Waals surface area contributed by atoms with E-state index in [0.717, 1.165) is 16.7 Å². The fourth-order valence-corrected chi connectivity index (χ4v) is 3.03. The van der Waals surface area contributed by atoms with E-state index in [1.54, 1.807) is 20.0 Å². The Labute approximate surface area is 147 Å². The molecule has 0 bridgehead atoms. The number of carbonyl (C=O) groups excluding carboxylic acids is 2. The largest absolute Gasteiger partial charge is 0.369 e. The van der Waals surface area contributed by atoms with Crippen molar-refractivity contribution in [2.45, 2.75) is 25.8 Å². The molecule has 2 aromatic rings. The Bertz CT molecular complexity index is 888. The van der Waals surface area contributed by atoms with Gasteiger partial charge < -0.3 is 5.73 Å². The van der Waals surface area contributed by atoms with Gasteiger partial charge in [-0.2, -0.15) is 0 Å². The summed E-state index contributed by atoms with van der Waals surface area (Å²) in [6, 6.07) is 15.4. The van der Waals surface area contributed by atoms with Crippen molar-refractivity contribution in [3.63, 3.8) is 0 Å². The van der Waals surface area contributed by atoms with Crippen LogP contribution in [0.25, 0.3) is 11.1 Å². The van der Waals surface area contributed by atoms with Crippen LogP contribution in [0.4, 0.5) is 0 Å². The molecule has 1 atom stereocenters. The maximum absolute atomic E-state index is 12.2. The standard InChI is InChI=1S/C20H21N3O2/c1-13(24)14-6-4-7-15(10-14)16-8-5-9-17(11-16)20(2)12-18(25)23(3)19(21)22-20/h4-11H,12H2,1-3H3,(H2,21,22). The number of nitrogens with two attached hydrogens (primary N) is 1. The van der Waals surface area contributed by atoms with Crippen LogP contribution in [-0.2, 0) is 10.3 Å². The van der Waals surface area contributed by atoms with E-state index in [-0.39, 0.29) is 24.1 Å². The van der Waals surface area contributed by atoms with Crippen molar-refractivity contribution in [2.24, 2.45) is 10.7 Å². The average molecular weight is 335 g/mol. The summed E-state index contributed by atoms with van der Waals surface area (Å²) in [6.45, 7) is 3.47. The maximum Gasteiger partial charge on any atom is 0.231 e. The molecule has 1 unspecified atom stereocenters. The lowest BCUT2D eigenvalue weighted by Crippen LogP contribution is -2.47. The molecular formula is C20H21N3O2. The van der Waals surface area contributed by atoms with Gasteiger partial charge in [-0.05, 0) is 42.7 Å². The number of carbonyl (C=O) groups is 2. The van der Waals surface area contributed by atoms with Gasteiger partial charge in [0, 0.05) is 12.6 Å². The van der Waals surface area contributed by atoms with E-state index in [0.29, 0.717) is 5.56 Å². The van der Waals surface area contributed by atoms with Gasteiger partial charge in [0.2, 0.25) is 5.91 Å². The zero-order chi connectivity index (χ0) is 18.2. The van der Waals surface area contributed by atoms with Crippen molar-refractivity contribution in [1.29, 1.82) is 0 Å². The van der Waals surface area contributed by atoms with E-state index in [1.807, 2.05) is 49.4 Å². The zero-order valence-corrected chi connectivity index (χ0v) is 14.6. The lowest BCUT2D eigenvalue weighted by Gasteiger charge is -2.33. The molecule has 3 rings (SSSR count). The molecule has 0 saturated carbocycles. The second kappa shape index (κ2) is 6.16. The minimum Gasteiger partial charge on any atom is -0.369 e.